The zero-order valence-electron chi connectivity index (χ0n) is 10.5. The van der Waals surface area contributed by atoms with E-state index in [2.05, 4.69) is 32.2 Å². The summed E-state index contributed by atoms with van der Waals surface area (Å²) in [6, 6.07) is 2.38. The molecule has 3 heteroatoms. The second kappa shape index (κ2) is 8.01. The first-order valence-corrected chi connectivity index (χ1v) is 6.87. The van der Waals surface area contributed by atoms with Crippen molar-refractivity contribution < 1.29 is 0 Å². The maximum atomic E-state index is 9.10. The molecule has 0 aromatic rings. The minimum atomic E-state index is -0.326. The quantitative estimate of drug-likeness (QED) is 0.648. The van der Waals surface area contributed by atoms with E-state index < -0.39 is 0 Å². The van der Waals surface area contributed by atoms with Gasteiger partial charge in [0.25, 0.3) is 0 Å². The highest BCUT2D eigenvalue weighted by molar-refractivity contribution is 7.99. The fourth-order valence-electron chi connectivity index (χ4n) is 1.33. The second-order valence-electron chi connectivity index (χ2n) is 4.39. The summed E-state index contributed by atoms with van der Waals surface area (Å²) in [5.74, 6) is 1.16. The van der Waals surface area contributed by atoms with Crippen molar-refractivity contribution in [2.75, 3.05) is 12.3 Å². The lowest BCUT2D eigenvalue weighted by Gasteiger charge is -2.23. The van der Waals surface area contributed by atoms with Crippen molar-refractivity contribution in [3.8, 4) is 6.07 Å². The van der Waals surface area contributed by atoms with E-state index in [-0.39, 0.29) is 5.54 Å². The number of rotatable bonds is 8. The largest absolute Gasteiger partial charge is 0.300 e. The monoisotopic (exact) mass is 228 g/mol. The molecule has 1 unspecified atom stereocenters. The van der Waals surface area contributed by atoms with Crippen LogP contribution in [0.5, 0.6) is 0 Å². The average Bonchev–Trinajstić information content (AvgIpc) is 2.21. The Kier molecular flexibility index (Phi) is 7.90. The molecule has 88 valence electrons. The molecule has 0 radical (unpaired) electrons. The van der Waals surface area contributed by atoms with Gasteiger partial charge in [-0.3, -0.25) is 5.32 Å². The highest BCUT2D eigenvalue weighted by atomic mass is 32.2. The molecule has 1 atom stereocenters. The standard InChI is InChI=1S/C12H24N2S/c1-5-8-14-12(4,10-13)7-6-9-15-11(2)3/h11,14H,5-9H2,1-4H3. The van der Waals surface area contributed by atoms with Crippen LogP contribution in [0.4, 0.5) is 0 Å². The van der Waals surface area contributed by atoms with Crippen LogP contribution in [-0.4, -0.2) is 23.1 Å². The topological polar surface area (TPSA) is 35.8 Å². The lowest BCUT2D eigenvalue weighted by Crippen LogP contribution is -2.41. The summed E-state index contributed by atoms with van der Waals surface area (Å²) in [7, 11) is 0. The maximum Gasteiger partial charge on any atom is 0.103 e. The first-order valence-electron chi connectivity index (χ1n) is 5.82. The molecule has 0 aliphatic heterocycles. The summed E-state index contributed by atoms with van der Waals surface area (Å²) >= 11 is 1.97. The Bertz CT molecular complexity index is 198. The summed E-state index contributed by atoms with van der Waals surface area (Å²) in [6.45, 7) is 9.48. The van der Waals surface area contributed by atoms with Crippen molar-refractivity contribution >= 4 is 11.8 Å². The molecule has 2 nitrogen and oxygen atoms in total. The normalized spacial score (nSPS) is 14.9. The fourth-order valence-corrected chi connectivity index (χ4v) is 2.11. The zero-order chi connectivity index (χ0) is 11.7. The van der Waals surface area contributed by atoms with Gasteiger partial charge in [-0.1, -0.05) is 20.8 Å². The third-order valence-corrected chi connectivity index (χ3v) is 3.48. The molecule has 0 bridgehead atoms. The van der Waals surface area contributed by atoms with Gasteiger partial charge in [0, 0.05) is 0 Å². The van der Waals surface area contributed by atoms with Gasteiger partial charge >= 0.3 is 0 Å². The lowest BCUT2D eigenvalue weighted by molar-refractivity contribution is 0.415. The van der Waals surface area contributed by atoms with Crippen LogP contribution in [0.25, 0.3) is 0 Å². The average molecular weight is 228 g/mol. The third-order valence-electron chi connectivity index (χ3n) is 2.28. The molecule has 0 amide bonds. The number of nitrogens with one attached hydrogen (secondary N) is 1. The first kappa shape index (κ1) is 14.8. The SMILES string of the molecule is CCCNC(C)(C#N)CCCSC(C)C. The van der Waals surface area contributed by atoms with Gasteiger partial charge in [0.1, 0.15) is 5.54 Å². The molecule has 0 saturated heterocycles. The Morgan fingerprint density at radius 3 is 2.60 bits per heavy atom. The smallest absolute Gasteiger partial charge is 0.103 e. The van der Waals surface area contributed by atoms with Crippen LogP contribution in [-0.2, 0) is 0 Å². The maximum absolute atomic E-state index is 9.10. The second-order valence-corrected chi connectivity index (χ2v) is 6.08. The molecule has 0 aromatic carbocycles. The highest BCUT2D eigenvalue weighted by Gasteiger charge is 2.21. The molecule has 0 aromatic heterocycles. The van der Waals surface area contributed by atoms with Crippen molar-refractivity contribution in [1.82, 2.24) is 5.32 Å². The molecule has 0 spiro atoms. The summed E-state index contributed by atoms with van der Waals surface area (Å²) < 4.78 is 0. The van der Waals surface area contributed by atoms with Crippen LogP contribution in [0.15, 0.2) is 0 Å². The number of thioether (sulfide) groups is 1. The van der Waals surface area contributed by atoms with Crippen molar-refractivity contribution in [2.24, 2.45) is 0 Å². The van der Waals surface area contributed by atoms with Crippen molar-refractivity contribution in [3.63, 3.8) is 0 Å². The van der Waals surface area contributed by atoms with Crippen LogP contribution in [0, 0.1) is 11.3 Å². The van der Waals surface area contributed by atoms with Gasteiger partial charge in [-0.25, -0.2) is 0 Å². The molecule has 0 aliphatic carbocycles. The lowest BCUT2D eigenvalue weighted by atomic mass is 9.98. The zero-order valence-corrected chi connectivity index (χ0v) is 11.3. The van der Waals surface area contributed by atoms with E-state index in [0.717, 1.165) is 31.6 Å². The first-order chi connectivity index (χ1) is 7.04. The van der Waals surface area contributed by atoms with Gasteiger partial charge in [-0.05, 0) is 43.7 Å². The molecule has 1 N–H and O–H groups in total. The molecule has 0 rings (SSSR count). The summed E-state index contributed by atoms with van der Waals surface area (Å²) in [4.78, 5) is 0. The van der Waals surface area contributed by atoms with Crippen LogP contribution >= 0.6 is 11.8 Å². The van der Waals surface area contributed by atoms with Gasteiger partial charge in [-0.15, -0.1) is 0 Å². The van der Waals surface area contributed by atoms with Gasteiger partial charge < -0.3 is 0 Å². The molecule has 15 heavy (non-hydrogen) atoms. The molecular formula is C12H24N2S. The van der Waals surface area contributed by atoms with E-state index in [0.29, 0.717) is 5.25 Å². The number of hydrogen-bond acceptors (Lipinski definition) is 3. The van der Waals surface area contributed by atoms with Crippen LogP contribution in [0.3, 0.4) is 0 Å². The Morgan fingerprint density at radius 1 is 1.47 bits per heavy atom. The predicted octanol–water partition coefficient (Wildman–Crippen LogP) is 3.19. The summed E-state index contributed by atoms with van der Waals surface area (Å²) in [5.41, 5.74) is -0.326. The molecule has 0 heterocycles. The molecule has 0 aliphatic rings. The summed E-state index contributed by atoms with van der Waals surface area (Å²) in [5, 5.41) is 13.1. The Balaban J connectivity index is 3.74. The third kappa shape index (κ3) is 7.70. The Labute approximate surface area is 98.8 Å². The van der Waals surface area contributed by atoms with Crippen LogP contribution in [0.2, 0.25) is 0 Å². The van der Waals surface area contributed by atoms with Gasteiger partial charge in [-0.2, -0.15) is 17.0 Å². The van der Waals surface area contributed by atoms with Crippen LogP contribution < -0.4 is 5.32 Å². The summed E-state index contributed by atoms with van der Waals surface area (Å²) in [6.07, 6.45) is 3.14. The van der Waals surface area contributed by atoms with E-state index in [4.69, 9.17) is 5.26 Å². The van der Waals surface area contributed by atoms with Crippen LogP contribution in [0.1, 0.15) is 47.0 Å². The number of hydrogen-bond donors (Lipinski definition) is 1. The molecular weight excluding hydrogens is 204 g/mol. The fraction of sp³-hybridized carbons (Fsp3) is 0.917. The molecule has 0 saturated carbocycles. The van der Waals surface area contributed by atoms with E-state index in [9.17, 15) is 0 Å². The minimum absolute atomic E-state index is 0.326. The van der Waals surface area contributed by atoms with E-state index in [1.54, 1.807) is 0 Å². The van der Waals surface area contributed by atoms with Crippen molar-refractivity contribution in [2.45, 2.75) is 57.7 Å². The molecule has 0 fully saturated rings. The van der Waals surface area contributed by atoms with E-state index in [1.165, 1.54) is 0 Å². The van der Waals surface area contributed by atoms with Crippen molar-refractivity contribution in [1.29, 1.82) is 5.26 Å². The van der Waals surface area contributed by atoms with Gasteiger partial charge in [0.2, 0.25) is 0 Å². The van der Waals surface area contributed by atoms with Gasteiger partial charge in [0.15, 0.2) is 0 Å². The number of nitrogens with zero attached hydrogens (tertiary/aromatic N) is 1. The van der Waals surface area contributed by atoms with E-state index in [1.807, 2.05) is 18.7 Å². The van der Waals surface area contributed by atoms with Crippen molar-refractivity contribution in [3.05, 3.63) is 0 Å². The van der Waals surface area contributed by atoms with E-state index >= 15 is 0 Å². The Hall–Kier alpha value is -0.200. The Morgan fingerprint density at radius 2 is 2.13 bits per heavy atom. The number of nitriles is 1. The highest BCUT2D eigenvalue weighted by Crippen LogP contribution is 2.16. The predicted molar refractivity (Wildman–Crippen MR) is 69.1 cm³/mol. The minimum Gasteiger partial charge on any atom is -0.300 e. The van der Waals surface area contributed by atoms with Gasteiger partial charge in [0.05, 0.1) is 6.07 Å².